The van der Waals surface area contributed by atoms with E-state index in [1.165, 1.54) is 0 Å². The molecule has 0 unspecified atom stereocenters. The first-order valence-electron chi connectivity index (χ1n) is 5.92. The molecule has 0 saturated heterocycles. The van der Waals surface area contributed by atoms with Crippen molar-refractivity contribution in [2.45, 2.75) is 13.8 Å². The number of nitrogens with one attached hydrogen (secondary N) is 1. The number of aryl methyl sites for hydroxylation is 1. The molecule has 0 aromatic heterocycles. The number of hydrogen-bond donors (Lipinski definition) is 1. The highest BCUT2D eigenvalue weighted by Gasteiger charge is 2.14. The average molecular weight is 509 g/mol. The van der Waals surface area contributed by atoms with Crippen molar-refractivity contribution in [2.75, 3.05) is 5.32 Å². The van der Waals surface area contributed by atoms with Crippen LogP contribution in [0.1, 0.15) is 21.5 Å². The van der Waals surface area contributed by atoms with Crippen LogP contribution >= 0.6 is 54.5 Å². The summed E-state index contributed by atoms with van der Waals surface area (Å²) in [5.74, 6) is -0.106. The maximum absolute atomic E-state index is 12.4. The molecule has 0 aliphatic carbocycles. The van der Waals surface area contributed by atoms with Gasteiger partial charge in [0.2, 0.25) is 0 Å². The highest BCUT2D eigenvalue weighted by atomic mass is 127. The van der Waals surface area contributed by atoms with Crippen molar-refractivity contribution in [3.05, 3.63) is 59.5 Å². The van der Waals surface area contributed by atoms with Gasteiger partial charge in [-0.2, -0.15) is 0 Å². The summed E-state index contributed by atoms with van der Waals surface area (Å²) < 4.78 is 2.67. The van der Waals surface area contributed by atoms with Crippen LogP contribution in [0, 0.1) is 17.4 Å². The first-order valence-corrected chi connectivity index (χ1v) is 8.58. The van der Waals surface area contributed by atoms with Crippen LogP contribution in [-0.2, 0) is 0 Å². The summed E-state index contributed by atoms with van der Waals surface area (Å²) >= 11 is 9.04. The minimum Gasteiger partial charge on any atom is -0.322 e. The Hall–Kier alpha value is -0.400. The second-order valence-electron chi connectivity index (χ2n) is 4.45. The van der Waals surface area contributed by atoms with Gasteiger partial charge in [0.25, 0.3) is 5.91 Å². The van der Waals surface area contributed by atoms with Gasteiger partial charge in [0, 0.05) is 18.2 Å². The van der Waals surface area contributed by atoms with Crippen LogP contribution in [0.25, 0.3) is 0 Å². The Morgan fingerprint density at radius 2 is 1.90 bits per heavy atom. The summed E-state index contributed by atoms with van der Waals surface area (Å²) in [7, 11) is 0. The minimum absolute atomic E-state index is 0.106. The lowest BCUT2D eigenvalue weighted by atomic mass is 10.1. The monoisotopic (exact) mass is 507 g/mol. The summed E-state index contributed by atoms with van der Waals surface area (Å²) in [6, 6.07) is 9.65. The molecule has 0 heterocycles. The lowest BCUT2D eigenvalue weighted by Crippen LogP contribution is -2.14. The predicted octanol–water partition coefficient (Wildman–Crippen LogP) is 5.69. The van der Waals surface area contributed by atoms with Gasteiger partial charge < -0.3 is 5.32 Å². The summed E-state index contributed by atoms with van der Waals surface area (Å²) in [5.41, 5.74) is 3.74. The normalized spacial score (nSPS) is 10.4. The second-order valence-corrected chi connectivity index (χ2v) is 7.30. The molecule has 0 spiro atoms. The summed E-state index contributed by atoms with van der Waals surface area (Å²) in [6.07, 6.45) is 0. The number of halogens is 3. The molecule has 2 rings (SSSR count). The fraction of sp³-hybridized carbons (Fsp3) is 0.133. The molecule has 0 atom stereocenters. The molecular formula is C15H12Br2INO. The lowest BCUT2D eigenvalue weighted by Gasteiger charge is -2.12. The number of anilines is 1. The van der Waals surface area contributed by atoms with E-state index in [0.717, 1.165) is 29.3 Å². The van der Waals surface area contributed by atoms with Crippen molar-refractivity contribution in [1.82, 2.24) is 0 Å². The fourth-order valence-corrected chi connectivity index (χ4v) is 3.58. The van der Waals surface area contributed by atoms with Crippen molar-refractivity contribution in [2.24, 2.45) is 0 Å². The van der Waals surface area contributed by atoms with E-state index in [0.29, 0.717) is 5.56 Å². The Balaban J connectivity index is 2.36. The molecule has 1 amide bonds. The van der Waals surface area contributed by atoms with E-state index in [1.807, 2.05) is 44.2 Å². The van der Waals surface area contributed by atoms with E-state index in [9.17, 15) is 4.79 Å². The Bertz CT molecular complexity index is 686. The standard InChI is InChI=1S/C15H12Br2INO/c1-8-4-3-5-13(9(8)2)19-15(20)11-6-10(16)7-12(17)14(11)18/h3-7H,1-2H3,(H,19,20). The van der Waals surface area contributed by atoms with Crippen LogP contribution in [-0.4, -0.2) is 5.91 Å². The molecule has 1 N–H and O–H groups in total. The molecular weight excluding hydrogens is 497 g/mol. The zero-order valence-corrected chi connectivity index (χ0v) is 16.3. The minimum atomic E-state index is -0.106. The average Bonchev–Trinajstić information content (AvgIpc) is 2.39. The molecule has 2 aromatic carbocycles. The molecule has 0 bridgehead atoms. The van der Waals surface area contributed by atoms with Gasteiger partial charge in [-0.05, 0) is 81.7 Å². The van der Waals surface area contributed by atoms with Crippen LogP contribution in [0.5, 0.6) is 0 Å². The maximum atomic E-state index is 12.4. The molecule has 20 heavy (non-hydrogen) atoms. The van der Waals surface area contributed by atoms with E-state index >= 15 is 0 Å². The third-order valence-electron chi connectivity index (χ3n) is 3.09. The Labute approximate surface area is 148 Å². The van der Waals surface area contributed by atoms with Gasteiger partial charge >= 0.3 is 0 Å². The number of amides is 1. The molecule has 0 radical (unpaired) electrons. The fourth-order valence-electron chi connectivity index (χ4n) is 1.80. The lowest BCUT2D eigenvalue weighted by molar-refractivity contribution is 0.102. The van der Waals surface area contributed by atoms with E-state index in [-0.39, 0.29) is 5.91 Å². The van der Waals surface area contributed by atoms with E-state index in [1.54, 1.807) is 0 Å². The molecule has 2 nitrogen and oxygen atoms in total. The van der Waals surface area contributed by atoms with Crippen LogP contribution < -0.4 is 5.32 Å². The number of carbonyl (C=O) groups is 1. The Kier molecular flexibility index (Phi) is 5.25. The SMILES string of the molecule is Cc1cccc(NC(=O)c2cc(Br)cc(Br)c2I)c1C. The summed E-state index contributed by atoms with van der Waals surface area (Å²) in [4.78, 5) is 12.4. The Morgan fingerprint density at radius 1 is 1.20 bits per heavy atom. The smallest absolute Gasteiger partial charge is 0.256 e. The number of carbonyl (C=O) groups excluding carboxylic acids is 1. The number of hydrogen-bond acceptors (Lipinski definition) is 1. The van der Waals surface area contributed by atoms with Crippen LogP contribution in [0.4, 0.5) is 5.69 Å². The van der Waals surface area contributed by atoms with Crippen LogP contribution in [0.15, 0.2) is 39.3 Å². The molecule has 0 fully saturated rings. The third kappa shape index (κ3) is 3.43. The molecule has 0 aliphatic heterocycles. The molecule has 104 valence electrons. The largest absolute Gasteiger partial charge is 0.322 e. The quantitative estimate of drug-likeness (QED) is 0.410. The number of benzene rings is 2. The zero-order chi connectivity index (χ0) is 14.9. The summed E-state index contributed by atoms with van der Waals surface area (Å²) in [5, 5.41) is 2.98. The van der Waals surface area contributed by atoms with Gasteiger partial charge in [0.1, 0.15) is 0 Å². The molecule has 0 aliphatic rings. The van der Waals surface area contributed by atoms with Crippen molar-refractivity contribution < 1.29 is 4.79 Å². The summed E-state index contributed by atoms with van der Waals surface area (Å²) in [6.45, 7) is 4.04. The van der Waals surface area contributed by atoms with E-state index < -0.39 is 0 Å². The van der Waals surface area contributed by atoms with E-state index in [4.69, 9.17) is 0 Å². The van der Waals surface area contributed by atoms with Gasteiger partial charge in [-0.1, -0.05) is 28.1 Å². The maximum Gasteiger partial charge on any atom is 0.256 e. The molecule has 2 aromatic rings. The molecule has 5 heteroatoms. The van der Waals surface area contributed by atoms with Crippen molar-refractivity contribution in [1.29, 1.82) is 0 Å². The highest BCUT2D eigenvalue weighted by molar-refractivity contribution is 14.1. The van der Waals surface area contributed by atoms with Crippen molar-refractivity contribution in [3.8, 4) is 0 Å². The predicted molar refractivity (Wildman–Crippen MR) is 98.4 cm³/mol. The van der Waals surface area contributed by atoms with E-state index in [2.05, 4.69) is 59.8 Å². The third-order valence-corrected chi connectivity index (χ3v) is 6.08. The first kappa shape index (κ1) is 16.0. The van der Waals surface area contributed by atoms with Gasteiger partial charge in [-0.3, -0.25) is 4.79 Å². The van der Waals surface area contributed by atoms with Gasteiger partial charge in [0.15, 0.2) is 0 Å². The second kappa shape index (κ2) is 6.58. The Morgan fingerprint density at radius 3 is 2.60 bits per heavy atom. The van der Waals surface area contributed by atoms with Crippen LogP contribution in [0.2, 0.25) is 0 Å². The van der Waals surface area contributed by atoms with Crippen LogP contribution in [0.3, 0.4) is 0 Å². The molecule has 0 saturated carbocycles. The highest BCUT2D eigenvalue weighted by Crippen LogP contribution is 2.28. The van der Waals surface area contributed by atoms with Crippen molar-refractivity contribution in [3.63, 3.8) is 0 Å². The van der Waals surface area contributed by atoms with Gasteiger partial charge in [-0.25, -0.2) is 0 Å². The number of rotatable bonds is 2. The van der Waals surface area contributed by atoms with Crippen molar-refractivity contribution >= 4 is 66.0 Å². The topological polar surface area (TPSA) is 29.1 Å². The van der Waals surface area contributed by atoms with Gasteiger partial charge in [0.05, 0.1) is 5.56 Å². The zero-order valence-electron chi connectivity index (χ0n) is 10.9. The first-order chi connectivity index (χ1) is 9.40. The van der Waals surface area contributed by atoms with Gasteiger partial charge in [-0.15, -0.1) is 0 Å².